The van der Waals surface area contributed by atoms with Gasteiger partial charge in [-0.05, 0) is 18.4 Å². The number of nitrogens with one attached hydrogen (secondary N) is 1. The van der Waals surface area contributed by atoms with E-state index < -0.39 is 5.97 Å². The van der Waals surface area contributed by atoms with Crippen LogP contribution in [0.3, 0.4) is 0 Å². The number of carboxylic acids is 1. The maximum absolute atomic E-state index is 11.3. The third-order valence-corrected chi connectivity index (χ3v) is 2.87. The molecule has 5 heteroatoms. The molecule has 0 atom stereocenters. The molecule has 0 saturated heterocycles. The van der Waals surface area contributed by atoms with Gasteiger partial charge in [-0.15, -0.1) is 0 Å². The van der Waals surface area contributed by atoms with Crippen LogP contribution in [-0.4, -0.2) is 27.6 Å². The molecular formula is C13H19N3O2. The Morgan fingerprint density at radius 3 is 2.72 bits per heavy atom. The molecule has 1 aliphatic heterocycles. The third-order valence-electron chi connectivity index (χ3n) is 2.87. The Kier molecular flexibility index (Phi) is 3.34. The molecule has 1 aliphatic rings. The Hall–Kier alpha value is -1.49. The topological polar surface area (TPSA) is 75.1 Å². The lowest BCUT2D eigenvalue weighted by Crippen LogP contribution is -2.29. The summed E-state index contributed by atoms with van der Waals surface area (Å²) >= 11 is 0. The molecule has 2 heterocycles. The van der Waals surface area contributed by atoms with Gasteiger partial charge in [-0.25, -0.2) is 14.8 Å². The molecule has 0 bridgehead atoms. The highest BCUT2D eigenvalue weighted by Gasteiger charge is 2.23. The number of carboxylic acid groups (broad SMARTS) is 1. The van der Waals surface area contributed by atoms with Gasteiger partial charge in [0, 0.05) is 18.5 Å². The van der Waals surface area contributed by atoms with Crippen LogP contribution in [0.2, 0.25) is 0 Å². The fraction of sp³-hybridized carbons (Fsp3) is 0.615. The lowest BCUT2D eigenvalue weighted by Gasteiger charge is -2.21. The van der Waals surface area contributed by atoms with Crippen LogP contribution in [0.1, 0.15) is 48.3 Å². The van der Waals surface area contributed by atoms with Gasteiger partial charge >= 0.3 is 5.97 Å². The van der Waals surface area contributed by atoms with Gasteiger partial charge in [0.05, 0.1) is 5.69 Å². The van der Waals surface area contributed by atoms with E-state index in [0.29, 0.717) is 25.2 Å². The fourth-order valence-corrected chi connectivity index (χ4v) is 2.14. The number of hydrogen-bond acceptors (Lipinski definition) is 4. The van der Waals surface area contributed by atoms with Crippen LogP contribution in [-0.2, 0) is 19.4 Å². The van der Waals surface area contributed by atoms with Crippen LogP contribution in [0.25, 0.3) is 0 Å². The zero-order valence-corrected chi connectivity index (χ0v) is 11.1. The molecule has 0 saturated carbocycles. The van der Waals surface area contributed by atoms with Gasteiger partial charge in [0.2, 0.25) is 0 Å². The highest BCUT2D eigenvalue weighted by molar-refractivity contribution is 5.87. The highest BCUT2D eigenvalue weighted by atomic mass is 16.4. The van der Waals surface area contributed by atoms with Crippen molar-refractivity contribution in [3.63, 3.8) is 0 Å². The molecule has 18 heavy (non-hydrogen) atoms. The molecule has 0 spiro atoms. The predicted molar refractivity (Wildman–Crippen MR) is 67.6 cm³/mol. The summed E-state index contributed by atoms with van der Waals surface area (Å²) in [5.41, 5.74) is 1.86. The lowest BCUT2D eigenvalue weighted by atomic mass is 9.91. The van der Waals surface area contributed by atoms with Crippen molar-refractivity contribution in [2.75, 3.05) is 6.54 Å². The van der Waals surface area contributed by atoms with Crippen LogP contribution in [0.5, 0.6) is 0 Å². The average molecular weight is 249 g/mol. The van der Waals surface area contributed by atoms with Gasteiger partial charge < -0.3 is 10.4 Å². The van der Waals surface area contributed by atoms with E-state index in [0.717, 1.165) is 17.8 Å². The summed E-state index contributed by atoms with van der Waals surface area (Å²) in [6.07, 6.45) is 1.37. The highest BCUT2D eigenvalue weighted by Crippen LogP contribution is 2.21. The second-order valence-electron chi connectivity index (χ2n) is 5.88. The minimum atomic E-state index is -0.953. The Balaban J connectivity index is 2.45. The largest absolute Gasteiger partial charge is 0.477 e. The van der Waals surface area contributed by atoms with Gasteiger partial charge in [-0.1, -0.05) is 20.8 Å². The maximum Gasteiger partial charge on any atom is 0.354 e. The SMILES string of the molecule is CC(C)(C)Cc1nc2c(c(C(=O)O)n1)CCNC2. The van der Waals surface area contributed by atoms with Crippen LogP contribution >= 0.6 is 0 Å². The van der Waals surface area contributed by atoms with Crippen molar-refractivity contribution in [3.8, 4) is 0 Å². The Labute approximate surface area is 107 Å². The number of carbonyl (C=O) groups is 1. The van der Waals surface area contributed by atoms with E-state index in [1.54, 1.807) is 0 Å². The first-order valence-electron chi connectivity index (χ1n) is 6.19. The predicted octanol–water partition coefficient (Wildman–Crippen LogP) is 1.41. The van der Waals surface area contributed by atoms with E-state index in [2.05, 4.69) is 36.1 Å². The smallest absolute Gasteiger partial charge is 0.354 e. The van der Waals surface area contributed by atoms with E-state index in [1.807, 2.05) is 0 Å². The minimum Gasteiger partial charge on any atom is -0.477 e. The van der Waals surface area contributed by atoms with Gasteiger partial charge in [-0.3, -0.25) is 0 Å². The van der Waals surface area contributed by atoms with E-state index in [1.165, 1.54) is 0 Å². The van der Waals surface area contributed by atoms with E-state index >= 15 is 0 Å². The standard InChI is InChI=1S/C13H19N3O2/c1-13(2,3)6-10-15-9-7-14-5-4-8(9)11(16-10)12(17)18/h14H,4-7H2,1-3H3,(H,17,18). The molecule has 2 rings (SSSR count). The number of aromatic nitrogens is 2. The van der Waals surface area contributed by atoms with Crippen molar-refractivity contribution in [1.82, 2.24) is 15.3 Å². The molecule has 98 valence electrons. The molecule has 0 unspecified atom stereocenters. The van der Waals surface area contributed by atoms with E-state index in [4.69, 9.17) is 0 Å². The summed E-state index contributed by atoms with van der Waals surface area (Å²) in [6, 6.07) is 0. The van der Waals surface area contributed by atoms with Crippen molar-refractivity contribution < 1.29 is 9.90 Å². The van der Waals surface area contributed by atoms with Crippen LogP contribution in [0.4, 0.5) is 0 Å². The Morgan fingerprint density at radius 2 is 2.11 bits per heavy atom. The van der Waals surface area contributed by atoms with Gasteiger partial charge in [-0.2, -0.15) is 0 Å². The van der Waals surface area contributed by atoms with Crippen LogP contribution in [0, 0.1) is 5.41 Å². The van der Waals surface area contributed by atoms with E-state index in [9.17, 15) is 9.90 Å². The lowest BCUT2D eigenvalue weighted by molar-refractivity contribution is 0.0687. The van der Waals surface area contributed by atoms with Gasteiger partial charge in [0.15, 0.2) is 5.69 Å². The first-order chi connectivity index (χ1) is 8.37. The second kappa shape index (κ2) is 4.65. The summed E-state index contributed by atoms with van der Waals surface area (Å²) in [5, 5.41) is 12.5. The molecule has 0 aliphatic carbocycles. The van der Waals surface area contributed by atoms with Crippen molar-refractivity contribution in [3.05, 3.63) is 22.8 Å². The van der Waals surface area contributed by atoms with Crippen molar-refractivity contribution in [2.24, 2.45) is 5.41 Å². The second-order valence-corrected chi connectivity index (χ2v) is 5.88. The molecule has 1 aromatic heterocycles. The Morgan fingerprint density at radius 1 is 1.39 bits per heavy atom. The zero-order chi connectivity index (χ0) is 13.3. The summed E-state index contributed by atoms with van der Waals surface area (Å²) in [7, 11) is 0. The van der Waals surface area contributed by atoms with Crippen molar-refractivity contribution >= 4 is 5.97 Å². The van der Waals surface area contributed by atoms with E-state index in [-0.39, 0.29) is 11.1 Å². The number of hydrogen-bond donors (Lipinski definition) is 2. The monoisotopic (exact) mass is 249 g/mol. The minimum absolute atomic E-state index is 0.0477. The molecule has 0 aromatic carbocycles. The molecule has 1 aromatic rings. The number of aromatic carboxylic acids is 1. The zero-order valence-electron chi connectivity index (χ0n) is 11.1. The number of fused-ring (bicyclic) bond motifs is 1. The molecule has 0 amide bonds. The molecule has 0 radical (unpaired) electrons. The Bertz CT molecular complexity index is 478. The van der Waals surface area contributed by atoms with Gasteiger partial charge in [0.25, 0.3) is 0 Å². The quantitative estimate of drug-likeness (QED) is 0.829. The number of nitrogens with zero attached hydrogens (tertiary/aromatic N) is 2. The summed E-state index contributed by atoms with van der Waals surface area (Å²) < 4.78 is 0. The molecular weight excluding hydrogens is 230 g/mol. The van der Waals surface area contributed by atoms with Crippen LogP contribution in [0.15, 0.2) is 0 Å². The first-order valence-corrected chi connectivity index (χ1v) is 6.19. The first kappa shape index (κ1) is 13.0. The molecule has 2 N–H and O–H groups in total. The molecule has 5 nitrogen and oxygen atoms in total. The molecule has 0 fully saturated rings. The summed E-state index contributed by atoms with van der Waals surface area (Å²) in [4.78, 5) is 20.0. The normalized spacial score (nSPS) is 15.3. The van der Waals surface area contributed by atoms with Crippen LogP contribution < -0.4 is 5.32 Å². The third kappa shape index (κ3) is 2.85. The fourth-order valence-electron chi connectivity index (χ4n) is 2.14. The number of rotatable bonds is 2. The maximum atomic E-state index is 11.3. The van der Waals surface area contributed by atoms with Gasteiger partial charge in [0.1, 0.15) is 5.82 Å². The summed E-state index contributed by atoms with van der Waals surface area (Å²) in [5.74, 6) is -0.326. The summed E-state index contributed by atoms with van der Waals surface area (Å²) in [6.45, 7) is 7.70. The van der Waals surface area contributed by atoms with Crippen molar-refractivity contribution in [1.29, 1.82) is 0 Å². The van der Waals surface area contributed by atoms with Crippen molar-refractivity contribution in [2.45, 2.75) is 40.2 Å². The average Bonchev–Trinajstić information content (AvgIpc) is 2.25.